The quantitative estimate of drug-likeness (QED) is 0.190. The van der Waals surface area contributed by atoms with Crippen LogP contribution >= 0.6 is 0 Å². The van der Waals surface area contributed by atoms with Crippen molar-refractivity contribution < 1.29 is 24.2 Å². The first kappa shape index (κ1) is 22.7. The summed E-state index contributed by atoms with van der Waals surface area (Å²) in [5.74, 6) is -1.34. The molecule has 3 aromatic rings. The van der Waals surface area contributed by atoms with Crippen molar-refractivity contribution in [2.45, 2.75) is 6.92 Å². The number of nitro groups is 2. The van der Waals surface area contributed by atoms with E-state index in [0.717, 1.165) is 23.8 Å². The van der Waals surface area contributed by atoms with Gasteiger partial charge in [0.15, 0.2) is 0 Å². The Kier molecular flexibility index (Phi) is 6.84. The molecule has 0 saturated carbocycles. The summed E-state index contributed by atoms with van der Waals surface area (Å²) in [5.41, 5.74) is 2.68. The van der Waals surface area contributed by atoms with Gasteiger partial charge in [0.2, 0.25) is 0 Å². The summed E-state index contributed by atoms with van der Waals surface area (Å²) in [4.78, 5) is 44.8. The lowest BCUT2D eigenvalue weighted by molar-refractivity contribution is -0.394. The van der Waals surface area contributed by atoms with Crippen LogP contribution in [0.5, 0.6) is 5.75 Å². The van der Waals surface area contributed by atoms with Crippen molar-refractivity contribution in [3.8, 4) is 5.75 Å². The minimum atomic E-state index is -1.01. The van der Waals surface area contributed by atoms with Crippen LogP contribution in [0.1, 0.15) is 31.8 Å². The van der Waals surface area contributed by atoms with E-state index < -0.39 is 33.1 Å². The first-order valence-electron chi connectivity index (χ1n) is 9.39. The molecule has 0 fully saturated rings. The van der Waals surface area contributed by atoms with E-state index >= 15 is 0 Å². The number of nitrogens with one attached hydrogen (secondary N) is 1. The second-order valence-electron chi connectivity index (χ2n) is 6.78. The highest BCUT2D eigenvalue weighted by atomic mass is 16.6. The van der Waals surface area contributed by atoms with Crippen molar-refractivity contribution in [1.82, 2.24) is 5.43 Å². The number of hydrogen-bond donors (Lipinski definition) is 1. The number of hydrazone groups is 1. The summed E-state index contributed by atoms with van der Waals surface area (Å²) in [7, 11) is 0. The molecule has 0 radical (unpaired) electrons. The Labute approximate surface area is 186 Å². The number of ether oxygens (including phenoxy) is 1. The molecule has 11 heteroatoms. The molecule has 33 heavy (non-hydrogen) atoms. The van der Waals surface area contributed by atoms with Crippen molar-refractivity contribution in [2.24, 2.45) is 5.10 Å². The first-order chi connectivity index (χ1) is 15.7. The lowest BCUT2D eigenvalue weighted by Gasteiger charge is -2.05. The lowest BCUT2D eigenvalue weighted by atomic mass is 10.1. The summed E-state index contributed by atoms with van der Waals surface area (Å²) in [6, 6.07) is 15.6. The maximum atomic E-state index is 12.4. The fourth-order valence-corrected chi connectivity index (χ4v) is 2.76. The molecule has 11 nitrogen and oxygen atoms in total. The number of nitrogens with zero attached hydrogens (tertiary/aromatic N) is 3. The minimum absolute atomic E-state index is 0.0723. The van der Waals surface area contributed by atoms with Gasteiger partial charge in [-0.25, -0.2) is 10.2 Å². The van der Waals surface area contributed by atoms with Gasteiger partial charge in [-0.05, 0) is 36.8 Å². The molecule has 1 N–H and O–H groups in total. The van der Waals surface area contributed by atoms with Crippen LogP contribution in [0.15, 0.2) is 71.8 Å². The van der Waals surface area contributed by atoms with E-state index in [1.165, 1.54) is 18.3 Å². The Balaban J connectivity index is 1.71. The molecule has 0 spiro atoms. The Bertz CT molecular complexity index is 1250. The van der Waals surface area contributed by atoms with Crippen LogP contribution in [0.2, 0.25) is 0 Å². The summed E-state index contributed by atoms with van der Waals surface area (Å²) >= 11 is 0. The smallest absolute Gasteiger partial charge is 0.344 e. The Hall–Kier alpha value is -4.93. The van der Waals surface area contributed by atoms with Gasteiger partial charge < -0.3 is 4.74 Å². The highest BCUT2D eigenvalue weighted by Crippen LogP contribution is 2.24. The molecule has 3 aromatic carbocycles. The number of nitro benzene ring substituents is 2. The van der Waals surface area contributed by atoms with Crippen molar-refractivity contribution in [3.05, 3.63) is 109 Å². The van der Waals surface area contributed by atoms with Crippen LogP contribution in [0.3, 0.4) is 0 Å². The molecule has 0 bridgehead atoms. The number of esters is 1. The van der Waals surface area contributed by atoms with E-state index in [1.807, 2.05) is 13.0 Å². The normalized spacial score (nSPS) is 10.6. The number of carbonyl (C=O) groups is 2. The van der Waals surface area contributed by atoms with Crippen molar-refractivity contribution in [1.29, 1.82) is 0 Å². The lowest BCUT2D eigenvalue weighted by Crippen LogP contribution is -2.17. The average molecular weight is 448 g/mol. The average Bonchev–Trinajstić information content (AvgIpc) is 2.78. The summed E-state index contributed by atoms with van der Waals surface area (Å²) in [6.45, 7) is 1.86. The molecule has 0 unspecified atom stereocenters. The standard InChI is InChI=1S/C22H16N4O7/c1-14-4-2-6-16(8-14)21(27)24-23-13-15-5-3-7-20(9-15)33-22(28)17-10-18(25(29)30)12-19(11-17)26(31)32/h2-13H,1H3,(H,24,27)/b23-13+. The summed E-state index contributed by atoms with van der Waals surface area (Å²) in [5, 5.41) is 25.9. The van der Waals surface area contributed by atoms with Crippen LogP contribution in [0, 0.1) is 27.2 Å². The molecule has 1 amide bonds. The molecule has 0 aliphatic heterocycles. The summed E-state index contributed by atoms with van der Waals surface area (Å²) < 4.78 is 5.19. The van der Waals surface area contributed by atoms with Gasteiger partial charge in [-0.2, -0.15) is 5.10 Å². The summed E-state index contributed by atoms with van der Waals surface area (Å²) in [6.07, 6.45) is 1.34. The Morgan fingerprint density at radius 1 is 0.909 bits per heavy atom. The van der Waals surface area contributed by atoms with Crippen molar-refractivity contribution in [2.75, 3.05) is 0 Å². The zero-order valence-corrected chi connectivity index (χ0v) is 17.1. The van der Waals surface area contributed by atoms with E-state index in [9.17, 15) is 29.8 Å². The molecule has 3 rings (SSSR count). The number of hydrogen-bond acceptors (Lipinski definition) is 8. The zero-order chi connectivity index (χ0) is 24.0. The number of rotatable bonds is 7. The van der Waals surface area contributed by atoms with Crippen LogP contribution < -0.4 is 10.2 Å². The van der Waals surface area contributed by atoms with Gasteiger partial charge in [0.1, 0.15) is 5.75 Å². The van der Waals surface area contributed by atoms with Gasteiger partial charge in [0.25, 0.3) is 17.3 Å². The Morgan fingerprint density at radius 2 is 1.58 bits per heavy atom. The Morgan fingerprint density at radius 3 is 2.21 bits per heavy atom. The van der Waals surface area contributed by atoms with Gasteiger partial charge in [-0.3, -0.25) is 25.0 Å². The number of benzene rings is 3. The maximum absolute atomic E-state index is 12.4. The molecular formula is C22H16N4O7. The van der Waals surface area contributed by atoms with E-state index in [4.69, 9.17) is 4.74 Å². The van der Waals surface area contributed by atoms with Gasteiger partial charge in [-0.1, -0.05) is 29.8 Å². The third-order valence-corrected chi connectivity index (χ3v) is 4.29. The SMILES string of the molecule is Cc1cccc(C(=O)N/N=C/c2cccc(OC(=O)c3cc([N+](=O)[O-])cc([N+](=O)[O-])c3)c2)c1. The number of non-ortho nitro benzene ring substituents is 2. The minimum Gasteiger partial charge on any atom is -0.423 e. The maximum Gasteiger partial charge on any atom is 0.344 e. The van der Waals surface area contributed by atoms with Crippen LogP contribution in [-0.2, 0) is 0 Å². The van der Waals surface area contributed by atoms with E-state index in [0.29, 0.717) is 11.1 Å². The molecule has 0 heterocycles. The highest BCUT2D eigenvalue weighted by molar-refractivity contribution is 5.95. The molecule has 166 valence electrons. The topological polar surface area (TPSA) is 154 Å². The fraction of sp³-hybridized carbons (Fsp3) is 0.0455. The zero-order valence-electron chi connectivity index (χ0n) is 17.1. The van der Waals surface area contributed by atoms with E-state index in [1.54, 1.807) is 30.3 Å². The van der Waals surface area contributed by atoms with Crippen LogP contribution in [0.25, 0.3) is 0 Å². The third kappa shape index (κ3) is 6.04. The number of carbonyl (C=O) groups excluding carboxylic acids is 2. The molecule has 0 aliphatic carbocycles. The molecule has 0 atom stereocenters. The van der Waals surface area contributed by atoms with Gasteiger partial charge in [0.05, 0.1) is 27.7 Å². The third-order valence-electron chi connectivity index (χ3n) is 4.29. The molecule has 0 aliphatic rings. The van der Waals surface area contributed by atoms with Gasteiger partial charge >= 0.3 is 5.97 Å². The molecule has 0 saturated heterocycles. The predicted molar refractivity (Wildman–Crippen MR) is 117 cm³/mol. The highest BCUT2D eigenvalue weighted by Gasteiger charge is 2.21. The van der Waals surface area contributed by atoms with Gasteiger partial charge in [0, 0.05) is 17.7 Å². The second kappa shape index (κ2) is 9.92. The fourth-order valence-electron chi connectivity index (χ4n) is 2.76. The molecular weight excluding hydrogens is 432 g/mol. The van der Waals surface area contributed by atoms with Crippen molar-refractivity contribution in [3.63, 3.8) is 0 Å². The largest absolute Gasteiger partial charge is 0.423 e. The van der Waals surface area contributed by atoms with Gasteiger partial charge in [-0.15, -0.1) is 0 Å². The first-order valence-corrected chi connectivity index (χ1v) is 9.39. The number of aryl methyl sites for hydroxylation is 1. The number of amides is 1. The second-order valence-corrected chi connectivity index (χ2v) is 6.78. The van der Waals surface area contributed by atoms with Crippen molar-refractivity contribution >= 4 is 29.5 Å². The predicted octanol–water partition coefficient (Wildman–Crippen LogP) is 3.79. The monoisotopic (exact) mass is 448 g/mol. The van der Waals surface area contributed by atoms with Crippen LogP contribution in [-0.4, -0.2) is 27.9 Å². The van der Waals surface area contributed by atoms with E-state index in [2.05, 4.69) is 10.5 Å². The van der Waals surface area contributed by atoms with E-state index in [-0.39, 0.29) is 11.3 Å². The van der Waals surface area contributed by atoms with Crippen LogP contribution in [0.4, 0.5) is 11.4 Å². The molecule has 0 aromatic heterocycles.